The molecular weight excluding hydrogens is 311 g/mol. The van der Waals surface area contributed by atoms with Gasteiger partial charge in [0.1, 0.15) is 0 Å². The van der Waals surface area contributed by atoms with Crippen molar-refractivity contribution in [3.63, 3.8) is 0 Å². The minimum Gasteiger partial charge on any atom is -0.352 e. The quantitative estimate of drug-likeness (QED) is 0.940. The van der Waals surface area contributed by atoms with Crippen molar-refractivity contribution in [3.8, 4) is 0 Å². The maximum atomic E-state index is 12.0. The van der Waals surface area contributed by atoms with Crippen molar-refractivity contribution in [3.05, 3.63) is 68.1 Å². The first-order chi connectivity index (χ1) is 9.97. The zero-order chi connectivity index (χ0) is 15.4. The second-order valence-electron chi connectivity index (χ2n) is 4.61. The van der Waals surface area contributed by atoms with Crippen LogP contribution in [0, 0.1) is 0 Å². The maximum absolute atomic E-state index is 12.0. The lowest BCUT2D eigenvalue weighted by Gasteiger charge is -2.08. The summed E-state index contributed by atoms with van der Waals surface area (Å²) in [6.07, 6.45) is 2.11. The fourth-order valence-electron chi connectivity index (χ4n) is 1.87. The van der Waals surface area contributed by atoms with Crippen LogP contribution in [0.15, 0.2) is 41.3 Å². The van der Waals surface area contributed by atoms with Crippen LogP contribution in [-0.4, -0.2) is 17.0 Å². The molecule has 2 rings (SSSR count). The van der Waals surface area contributed by atoms with Crippen molar-refractivity contribution >= 4 is 29.1 Å². The molecule has 1 aromatic carbocycles. The molecule has 21 heavy (non-hydrogen) atoms. The predicted octanol–water partition coefficient (Wildman–Crippen LogP) is 2.66. The van der Waals surface area contributed by atoms with Gasteiger partial charge in [0.25, 0.3) is 5.91 Å². The number of benzene rings is 1. The molecule has 110 valence electrons. The third kappa shape index (κ3) is 4.09. The van der Waals surface area contributed by atoms with Gasteiger partial charge >= 0.3 is 0 Å². The van der Waals surface area contributed by atoms with Crippen LogP contribution in [0.1, 0.15) is 15.9 Å². The molecule has 4 nitrogen and oxygen atoms in total. The lowest BCUT2D eigenvalue weighted by molar-refractivity contribution is 0.0953. The van der Waals surface area contributed by atoms with Gasteiger partial charge in [0.2, 0.25) is 5.56 Å². The van der Waals surface area contributed by atoms with Gasteiger partial charge in [-0.15, -0.1) is 0 Å². The van der Waals surface area contributed by atoms with Gasteiger partial charge in [-0.1, -0.05) is 29.3 Å². The molecule has 0 atom stereocenters. The molecule has 0 aliphatic heterocycles. The smallest absolute Gasteiger partial charge is 0.252 e. The standard InChI is InChI=1S/C15H14Cl2N2O2/c1-19-9-11(3-5-14(19)20)15(21)18-7-6-10-2-4-12(16)8-13(10)17/h2-5,8-9H,6-7H2,1H3,(H,18,21). The van der Waals surface area contributed by atoms with E-state index in [4.69, 9.17) is 23.2 Å². The summed E-state index contributed by atoms with van der Waals surface area (Å²) in [6.45, 7) is 0.447. The Morgan fingerprint density at radius 1 is 1.24 bits per heavy atom. The molecule has 1 amide bonds. The molecule has 0 bridgehead atoms. The summed E-state index contributed by atoms with van der Waals surface area (Å²) in [7, 11) is 1.60. The number of aromatic nitrogens is 1. The van der Waals surface area contributed by atoms with Crippen molar-refractivity contribution in [2.24, 2.45) is 7.05 Å². The average Bonchev–Trinajstić information content (AvgIpc) is 2.44. The molecule has 2 aromatic rings. The van der Waals surface area contributed by atoms with E-state index in [-0.39, 0.29) is 11.5 Å². The van der Waals surface area contributed by atoms with Gasteiger partial charge in [0.05, 0.1) is 5.56 Å². The number of nitrogens with zero attached hydrogens (tertiary/aromatic N) is 1. The van der Waals surface area contributed by atoms with Gasteiger partial charge in [-0.2, -0.15) is 0 Å². The fourth-order valence-corrected chi connectivity index (χ4v) is 2.37. The molecule has 0 spiro atoms. The molecule has 0 aliphatic carbocycles. The van der Waals surface area contributed by atoms with Crippen molar-refractivity contribution in [2.45, 2.75) is 6.42 Å². The first-order valence-electron chi connectivity index (χ1n) is 6.36. The highest BCUT2D eigenvalue weighted by molar-refractivity contribution is 6.35. The zero-order valence-corrected chi connectivity index (χ0v) is 12.9. The van der Waals surface area contributed by atoms with Gasteiger partial charge in [-0.25, -0.2) is 0 Å². The Bertz CT molecular complexity index is 726. The van der Waals surface area contributed by atoms with Crippen LogP contribution in [0.4, 0.5) is 0 Å². The van der Waals surface area contributed by atoms with E-state index < -0.39 is 0 Å². The Morgan fingerprint density at radius 2 is 2.00 bits per heavy atom. The topological polar surface area (TPSA) is 51.1 Å². The number of carbonyl (C=O) groups excluding carboxylic acids is 1. The average molecular weight is 325 g/mol. The molecule has 0 unspecified atom stereocenters. The molecule has 1 aromatic heterocycles. The Hall–Kier alpha value is -1.78. The van der Waals surface area contributed by atoms with Crippen LogP contribution in [0.2, 0.25) is 10.0 Å². The summed E-state index contributed by atoms with van der Waals surface area (Å²) < 4.78 is 1.37. The SMILES string of the molecule is Cn1cc(C(=O)NCCc2ccc(Cl)cc2Cl)ccc1=O. The summed E-state index contributed by atoms with van der Waals surface area (Å²) in [6, 6.07) is 8.14. The van der Waals surface area contributed by atoms with Crippen molar-refractivity contribution in [1.82, 2.24) is 9.88 Å². The Morgan fingerprint density at radius 3 is 2.67 bits per heavy atom. The number of amides is 1. The zero-order valence-electron chi connectivity index (χ0n) is 11.4. The minimum absolute atomic E-state index is 0.153. The van der Waals surface area contributed by atoms with E-state index in [1.54, 1.807) is 19.2 Å². The summed E-state index contributed by atoms with van der Waals surface area (Å²) in [5.74, 6) is -0.226. The molecule has 0 saturated heterocycles. The van der Waals surface area contributed by atoms with E-state index in [0.717, 1.165) is 5.56 Å². The van der Waals surface area contributed by atoms with E-state index in [0.29, 0.717) is 28.6 Å². The van der Waals surface area contributed by atoms with Crippen molar-refractivity contribution in [2.75, 3.05) is 6.54 Å². The first kappa shape index (κ1) is 15.6. The number of hydrogen-bond acceptors (Lipinski definition) is 2. The van der Waals surface area contributed by atoms with Crippen LogP contribution in [0.3, 0.4) is 0 Å². The van der Waals surface area contributed by atoms with Crippen molar-refractivity contribution in [1.29, 1.82) is 0 Å². The third-order valence-corrected chi connectivity index (χ3v) is 3.63. The molecule has 6 heteroatoms. The van der Waals surface area contributed by atoms with E-state index in [1.807, 2.05) is 6.07 Å². The number of pyridine rings is 1. The van der Waals surface area contributed by atoms with E-state index >= 15 is 0 Å². The molecule has 0 saturated carbocycles. The lowest BCUT2D eigenvalue weighted by Crippen LogP contribution is -2.27. The Kier molecular flexibility index (Phi) is 5.04. The highest BCUT2D eigenvalue weighted by Gasteiger charge is 2.07. The molecular formula is C15H14Cl2N2O2. The highest BCUT2D eigenvalue weighted by atomic mass is 35.5. The van der Waals surface area contributed by atoms with E-state index in [9.17, 15) is 9.59 Å². The van der Waals surface area contributed by atoms with E-state index in [1.165, 1.54) is 22.9 Å². The number of rotatable bonds is 4. The lowest BCUT2D eigenvalue weighted by atomic mass is 10.1. The molecule has 0 radical (unpaired) electrons. The normalized spacial score (nSPS) is 10.4. The van der Waals surface area contributed by atoms with Crippen LogP contribution in [0.5, 0.6) is 0 Å². The van der Waals surface area contributed by atoms with E-state index in [2.05, 4.69) is 5.32 Å². The highest BCUT2D eigenvalue weighted by Crippen LogP contribution is 2.21. The van der Waals surface area contributed by atoms with Crippen LogP contribution >= 0.6 is 23.2 Å². The summed E-state index contributed by atoms with van der Waals surface area (Å²) in [4.78, 5) is 23.2. The minimum atomic E-state index is -0.226. The number of halogens is 2. The predicted molar refractivity (Wildman–Crippen MR) is 84.2 cm³/mol. The summed E-state index contributed by atoms with van der Waals surface area (Å²) >= 11 is 11.9. The second-order valence-corrected chi connectivity index (χ2v) is 5.45. The van der Waals surface area contributed by atoms with Gasteiger partial charge in [-0.05, 0) is 30.2 Å². The number of hydrogen-bond donors (Lipinski definition) is 1. The van der Waals surface area contributed by atoms with Crippen LogP contribution in [0.25, 0.3) is 0 Å². The molecule has 1 N–H and O–H groups in total. The maximum Gasteiger partial charge on any atom is 0.252 e. The molecule has 1 heterocycles. The van der Waals surface area contributed by atoms with Crippen molar-refractivity contribution < 1.29 is 4.79 Å². The van der Waals surface area contributed by atoms with Crippen LogP contribution in [-0.2, 0) is 13.5 Å². The number of aryl methyl sites for hydroxylation is 1. The number of nitrogens with one attached hydrogen (secondary N) is 1. The fraction of sp³-hybridized carbons (Fsp3) is 0.200. The third-order valence-electron chi connectivity index (χ3n) is 3.04. The molecule has 0 aliphatic rings. The van der Waals surface area contributed by atoms with Gasteiger partial charge in [-0.3, -0.25) is 9.59 Å². The van der Waals surface area contributed by atoms with Gasteiger partial charge < -0.3 is 9.88 Å². The Balaban J connectivity index is 1.95. The second kappa shape index (κ2) is 6.78. The van der Waals surface area contributed by atoms with Gasteiger partial charge in [0, 0.05) is 35.9 Å². The monoisotopic (exact) mass is 324 g/mol. The van der Waals surface area contributed by atoms with Crippen LogP contribution < -0.4 is 10.9 Å². The Labute approximate surface area is 132 Å². The first-order valence-corrected chi connectivity index (χ1v) is 7.12. The summed E-state index contributed by atoms with van der Waals surface area (Å²) in [5, 5.41) is 3.95. The largest absolute Gasteiger partial charge is 0.352 e. The number of carbonyl (C=O) groups is 1. The van der Waals surface area contributed by atoms with Gasteiger partial charge in [0.15, 0.2) is 0 Å². The molecule has 0 fully saturated rings. The summed E-state index contributed by atoms with van der Waals surface area (Å²) in [5.41, 5.74) is 1.21.